The van der Waals surface area contributed by atoms with E-state index in [0.29, 0.717) is 25.6 Å². The molecule has 1 heterocycles. The van der Waals surface area contributed by atoms with E-state index in [-0.39, 0.29) is 11.8 Å². The highest BCUT2D eigenvalue weighted by Crippen LogP contribution is 2.48. The summed E-state index contributed by atoms with van der Waals surface area (Å²) >= 11 is 0. The number of hydrogen-bond donors (Lipinski definition) is 2. The van der Waals surface area contributed by atoms with Gasteiger partial charge in [-0.3, -0.25) is 9.59 Å². The van der Waals surface area contributed by atoms with Crippen molar-refractivity contribution in [3.05, 3.63) is 0 Å². The molecule has 0 aromatic heterocycles. The molecule has 1 aliphatic heterocycles. The number of likely N-dealkylation sites (tertiary alicyclic amines) is 1. The molecule has 5 nitrogen and oxygen atoms in total. The van der Waals surface area contributed by atoms with Crippen molar-refractivity contribution in [1.82, 2.24) is 10.2 Å². The molecule has 2 aliphatic carbocycles. The Bertz CT molecular complexity index is 420. The van der Waals surface area contributed by atoms with Gasteiger partial charge < -0.3 is 15.3 Å². The van der Waals surface area contributed by atoms with Crippen LogP contribution in [-0.4, -0.2) is 47.6 Å². The van der Waals surface area contributed by atoms with Crippen molar-refractivity contribution in [2.24, 2.45) is 11.3 Å². The summed E-state index contributed by atoms with van der Waals surface area (Å²) in [6.45, 7) is 2.18. The van der Waals surface area contributed by atoms with E-state index >= 15 is 0 Å². The average Bonchev–Trinajstić information content (AvgIpc) is 3.10. The SMILES string of the molecule is O=C(CCN1C[C@@H]2CCC[C@@]2(C(=O)O)C1)NC1CCCC1. The van der Waals surface area contributed by atoms with Crippen LogP contribution in [0.1, 0.15) is 51.4 Å². The normalized spacial score (nSPS) is 33.2. The van der Waals surface area contributed by atoms with Gasteiger partial charge in [-0.05, 0) is 31.6 Å². The summed E-state index contributed by atoms with van der Waals surface area (Å²) in [4.78, 5) is 25.8. The lowest BCUT2D eigenvalue weighted by atomic mass is 9.81. The van der Waals surface area contributed by atoms with Crippen LogP contribution in [0.3, 0.4) is 0 Å². The van der Waals surface area contributed by atoms with E-state index in [0.717, 1.165) is 38.6 Å². The Balaban J connectivity index is 1.46. The zero-order valence-electron chi connectivity index (χ0n) is 12.6. The Morgan fingerprint density at radius 2 is 1.95 bits per heavy atom. The van der Waals surface area contributed by atoms with Crippen molar-refractivity contribution in [2.75, 3.05) is 19.6 Å². The summed E-state index contributed by atoms with van der Waals surface area (Å²) in [6.07, 6.45) is 8.03. The van der Waals surface area contributed by atoms with Crippen LogP contribution >= 0.6 is 0 Å². The molecule has 3 fully saturated rings. The van der Waals surface area contributed by atoms with Gasteiger partial charge in [-0.25, -0.2) is 0 Å². The van der Waals surface area contributed by atoms with Gasteiger partial charge in [-0.15, -0.1) is 0 Å². The molecule has 3 rings (SSSR count). The van der Waals surface area contributed by atoms with E-state index in [4.69, 9.17) is 0 Å². The third-order valence-corrected chi connectivity index (χ3v) is 5.74. The molecule has 0 unspecified atom stereocenters. The standard InChI is InChI=1S/C16H26N2O3/c19-14(17-13-5-1-2-6-13)7-9-18-10-12-4-3-8-16(12,11-18)15(20)21/h12-13H,1-11H2,(H,17,19)(H,20,21)/t12-,16+/m0/s1. The maximum atomic E-state index is 12.0. The summed E-state index contributed by atoms with van der Waals surface area (Å²) in [7, 11) is 0. The predicted octanol–water partition coefficient (Wildman–Crippen LogP) is 1.62. The van der Waals surface area contributed by atoms with Crippen molar-refractivity contribution < 1.29 is 14.7 Å². The van der Waals surface area contributed by atoms with Gasteiger partial charge in [0.25, 0.3) is 0 Å². The highest BCUT2D eigenvalue weighted by Gasteiger charge is 2.54. The molecule has 0 bridgehead atoms. The first kappa shape index (κ1) is 14.8. The van der Waals surface area contributed by atoms with Gasteiger partial charge in [-0.1, -0.05) is 19.3 Å². The van der Waals surface area contributed by atoms with Gasteiger partial charge in [-0.2, -0.15) is 0 Å². The molecular formula is C16H26N2O3. The van der Waals surface area contributed by atoms with E-state index in [1.165, 1.54) is 12.8 Å². The molecule has 3 aliphatic rings. The number of rotatable bonds is 5. The number of carbonyl (C=O) groups is 2. The van der Waals surface area contributed by atoms with Crippen molar-refractivity contribution >= 4 is 11.9 Å². The topological polar surface area (TPSA) is 69.6 Å². The second-order valence-corrected chi connectivity index (χ2v) is 7.08. The number of amides is 1. The highest BCUT2D eigenvalue weighted by atomic mass is 16.4. The Morgan fingerprint density at radius 1 is 1.19 bits per heavy atom. The average molecular weight is 294 g/mol. The van der Waals surface area contributed by atoms with Crippen LogP contribution in [0.4, 0.5) is 0 Å². The Labute approximate surface area is 126 Å². The molecule has 1 saturated heterocycles. The van der Waals surface area contributed by atoms with Gasteiger partial charge in [0.2, 0.25) is 5.91 Å². The third-order valence-electron chi connectivity index (χ3n) is 5.74. The van der Waals surface area contributed by atoms with Gasteiger partial charge in [0.15, 0.2) is 0 Å². The zero-order valence-corrected chi connectivity index (χ0v) is 12.6. The molecule has 0 aromatic carbocycles. The lowest BCUT2D eigenvalue weighted by Crippen LogP contribution is -2.37. The number of nitrogens with one attached hydrogen (secondary N) is 1. The van der Waals surface area contributed by atoms with Crippen LogP contribution in [0.15, 0.2) is 0 Å². The minimum atomic E-state index is -0.636. The minimum Gasteiger partial charge on any atom is -0.481 e. The second-order valence-electron chi connectivity index (χ2n) is 7.08. The van der Waals surface area contributed by atoms with Gasteiger partial charge in [0.05, 0.1) is 5.41 Å². The molecule has 2 N–H and O–H groups in total. The summed E-state index contributed by atoms with van der Waals surface area (Å²) < 4.78 is 0. The first-order chi connectivity index (χ1) is 10.1. The van der Waals surface area contributed by atoms with E-state index in [2.05, 4.69) is 10.2 Å². The summed E-state index contributed by atoms with van der Waals surface area (Å²) in [5.41, 5.74) is -0.526. The number of carboxylic acid groups (broad SMARTS) is 1. The Kier molecular flexibility index (Phi) is 4.20. The van der Waals surface area contributed by atoms with Crippen LogP contribution in [0.25, 0.3) is 0 Å². The van der Waals surface area contributed by atoms with Gasteiger partial charge in [0.1, 0.15) is 0 Å². The molecule has 5 heteroatoms. The smallest absolute Gasteiger partial charge is 0.311 e. The molecule has 0 spiro atoms. The molecular weight excluding hydrogens is 268 g/mol. The number of carbonyl (C=O) groups excluding carboxylic acids is 1. The summed E-state index contributed by atoms with van der Waals surface area (Å²) in [5, 5.41) is 12.7. The van der Waals surface area contributed by atoms with Crippen LogP contribution in [-0.2, 0) is 9.59 Å². The van der Waals surface area contributed by atoms with E-state index in [9.17, 15) is 14.7 Å². The molecule has 118 valence electrons. The fourth-order valence-electron chi connectivity index (χ4n) is 4.54. The predicted molar refractivity (Wildman–Crippen MR) is 78.9 cm³/mol. The van der Waals surface area contributed by atoms with Crippen LogP contribution in [0, 0.1) is 11.3 Å². The fourth-order valence-corrected chi connectivity index (χ4v) is 4.54. The minimum absolute atomic E-state index is 0.128. The zero-order chi connectivity index (χ0) is 14.9. The van der Waals surface area contributed by atoms with Gasteiger partial charge >= 0.3 is 5.97 Å². The van der Waals surface area contributed by atoms with Crippen LogP contribution in [0.2, 0.25) is 0 Å². The first-order valence-corrected chi connectivity index (χ1v) is 8.35. The van der Waals surface area contributed by atoms with E-state index in [1.807, 2.05) is 0 Å². The number of carboxylic acids is 1. The van der Waals surface area contributed by atoms with E-state index in [1.54, 1.807) is 0 Å². The third kappa shape index (κ3) is 2.93. The van der Waals surface area contributed by atoms with Crippen molar-refractivity contribution in [1.29, 1.82) is 0 Å². The van der Waals surface area contributed by atoms with Gasteiger partial charge in [0, 0.05) is 32.1 Å². The molecule has 21 heavy (non-hydrogen) atoms. The fraction of sp³-hybridized carbons (Fsp3) is 0.875. The van der Waals surface area contributed by atoms with Crippen LogP contribution < -0.4 is 5.32 Å². The maximum absolute atomic E-state index is 12.0. The largest absolute Gasteiger partial charge is 0.481 e. The maximum Gasteiger partial charge on any atom is 0.311 e. The summed E-state index contributed by atoms with van der Waals surface area (Å²) in [6, 6.07) is 0.376. The lowest BCUT2D eigenvalue weighted by molar-refractivity contribution is -0.149. The monoisotopic (exact) mass is 294 g/mol. The quantitative estimate of drug-likeness (QED) is 0.808. The molecule has 0 radical (unpaired) electrons. The van der Waals surface area contributed by atoms with Crippen molar-refractivity contribution in [3.63, 3.8) is 0 Å². The number of fused-ring (bicyclic) bond motifs is 1. The number of aliphatic carboxylic acids is 1. The molecule has 0 aromatic rings. The first-order valence-electron chi connectivity index (χ1n) is 8.35. The van der Waals surface area contributed by atoms with E-state index < -0.39 is 11.4 Å². The Morgan fingerprint density at radius 3 is 2.62 bits per heavy atom. The van der Waals surface area contributed by atoms with Crippen molar-refractivity contribution in [3.8, 4) is 0 Å². The lowest BCUT2D eigenvalue weighted by Gasteiger charge is -2.23. The van der Waals surface area contributed by atoms with Crippen molar-refractivity contribution in [2.45, 2.75) is 57.4 Å². The summed E-state index contributed by atoms with van der Waals surface area (Å²) in [5.74, 6) is -0.223. The number of hydrogen-bond acceptors (Lipinski definition) is 3. The second kappa shape index (κ2) is 5.95. The molecule has 1 amide bonds. The molecule has 2 atom stereocenters. The molecule has 2 saturated carbocycles. The number of nitrogens with zero attached hydrogens (tertiary/aromatic N) is 1. The highest BCUT2D eigenvalue weighted by molar-refractivity contribution is 5.77. The van der Waals surface area contributed by atoms with Crippen LogP contribution in [0.5, 0.6) is 0 Å². The Hall–Kier alpha value is -1.10.